The molecule has 0 aliphatic heterocycles. The lowest BCUT2D eigenvalue weighted by Gasteiger charge is -2.09. The van der Waals surface area contributed by atoms with Crippen molar-refractivity contribution in [2.75, 3.05) is 7.11 Å². The lowest BCUT2D eigenvalue weighted by molar-refractivity contribution is 0.112. The number of benzene rings is 1. The van der Waals surface area contributed by atoms with E-state index >= 15 is 0 Å². The highest BCUT2D eigenvalue weighted by Crippen LogP contribution is 2.37. The van der Waals surface area contributed by atoms with Gasteiger partial charge in [-0.25, -0.2) is 0 Å². The fourth-order valence-corrected chi connectivity index (χ4v) is 1.59. The van der Waals surface area contributed by atoms with E-state index in [4.69, 9.17) is 4.74 Å². The van der Waals surface area contributed by atoms with Gasteiger partial charge in [0.15, 0.2) is 11.5 Å². The molecule has 1 aromatic heterocycles. The highest BCUT2D eigenvalue weighted by Gasteiger charge is 2.12. The first-order chi connectivity index (χ1) is 8.26. The summed E-state index contributed by atoms with van der Waals surface area (Å²) in [6, 6.07) is 6.65. The van der Waals surface area contributed by atoms with Gasteiger partial charge in [-0.05, 0) is 18.2 Å². The molecule has 1 N–H and O–H groups in total. The van der Waals surface area contributed by atoms with E-state index in [2.05, 4.69) is 4.98 Å². The quantitative estimate of drug-likeness (QED) is 0.820. The number of hydrogen-bond donors (Lipinski definition) is 1. The van der Waals surface area contributed by atoms with Crippen LogP contribution in [0.15, 0.2) is 36.7 Å². The smallest absolute Gasteiger partial charge is 0.165 e. The average Bonchev–Trinajstić information content (AvgIpc) is 2.40. The van der Waals surface area contributed by atoms with Crippen LogP contribution in [0.5, 0.6) is 11.5 Å². The molecule has 0 unspecified atom stereocenters. The maximum atomic E-state index is 10.8. The van der Waals surface area contributed by atoms with Crippen LogP contribution in [0, 0.1) is 0 Å². The molecule has 0 saturated heterocycles. The molecule has 4 nitrogen and oxygen atoms in total. The highest BCUT2D eigenvalue weighted by atomic mass is 16.5. The maximum Gasteiger partial charge on any atom is 0.165 e. The maximum absolute atomic E-state index is 10.8. The van der Waals surface area contributed by atoms with Crippen molar-refractivity contribution in [1.82, 2.24) is 4.98 Å². The van der Waals surface area contributed by atoms with Gasteiger partial charge in [-0.3, -0.25) is 9.78 Å². The third-order valence-electron chi connectivity index (χ3n) is 2.43. The predicted octanol–water partition coefficient (Wildman–Crippen LogP) is 2.28. The minimum Gasteiger partial charge on any atom is -0.504 e. The van der Waals surface area contributed by atoms with E-state index < -0.39 is 0 Å². The standard InChI is InChI=1S/C13H11NO3/c1-17-12-6-9(8-15)5-11(13(12)16)10-3-2-4-14-7-10/h2-8,16H,1H3. The van der Waals surface area contributed by atoms with Crippen molar-refractivity contribution in [3.63, 3.8) is 0 Å². The number of carbonyl (C=O) groups is 1. The number of aromatic hydroxyl groups is 1. The Balaban J connectivity index is 2.64. The van der Waals surface area contributed by atoms with Crippen LogP contribution in [0.4, 0.5) is 0 Å². The number of phenolic OH excluding ortho intramolecular Hbond substituents is 1. The molecule has 1 heterocycles. The molecule has 86 valence electrons. The first kappa shape index (κ1) is 11.1. The second kappa shape index (κ2) is 4.65. The summed E-state index contributed by atoms with van der Waals surface area (Å²) in [5.41, 5.74) is 1.70. The summed E-state index contributed by atoms with van der Waals surface area (Å²) in [4.78, 5) is 14.8. The number of methoxy groups -OCH3 is 1. The molecule has 2 rings (SSSR count). The van der Waals surface area contributed by atoms with Crippen LogP contribution in [0.3, 0.4) is 0 Å². The lowest BCUT2D eigenvalue weighted by Crippen LogP contribution is -1.90. The molecule has 4 heteroatoms. The van der Waals surface area contributed by atoms with E-state index in [0.717, 1.165) is 5.56 Å². The second-order valence-electron chi connectivity index (χ2n) is 3.48. The topological polar surface area (TPSA) is 59.4 Å². The van der Waals surface area contributed by atoms with Crippen LogP contribution < -0.4 is 4.74 Å². The van der Waals surface area contributed by atoms with E-state index in [9.17, 15) is 9.90 Å². The van der Waals surface area contributed by atoms with Crippen molar-refractivity contribution in [1.29, 1.82) is 0 Å². The van der Waals surface area contributed by atoms with Crippen molar-refractivity contribution in [2.45, 2.75) is 0 Å². The Bertz CT molecular complexity index is 538. The number of hydrogen-bond acceptors (Lipinski definition) is 4. The predicted molar refractivity (Wildman–Crippen MR) is 63.3 cm³/mol. The molecule has 0 amide bonds. The molecular weight excluding hydrogens is 218 g/mol. The Morgan fingerprint density at radius 2 is 2.24 bits per heavy atom. The number of pyridine rings is 1. The molecule has 0 spiro atoms. The Morgan fingerprint density at radius 1 is 1.41 bits per heavy atom. The Labute approximate surface area is 98.5 Å². The van der Waals surface area contributed by atoms with Gasteiger partial charge in [0.1, 0.15) is 6.29 Å². The number of carbonyl (C=O) groups excluding carboxylic acids is 1. The Hall–Kier alpha value is -2.36. The number of ether oxygens (including phenoxy) is 1. The van der Waals surface area contributed by atoms with Gasteiger partial charge in [-0.15, -0.1) is 0 Å². The van der Waals surface area contributed by atoms with Gasteiger partial charge < -0.3 is 9.84 Å². The van der Waals surface area contributed by atoms with E-state index in [0.29, 0.717) is 17.4 Å². The van der Waals surface area contributed by atoms with Gasteiger partial charge in [-0.1, -0.05) is 6.07 Å². The zero-order valence-electron chi connectivity index (χ0n) is 9.25. The van der Waals surface area contributed by atoms with E-state index in [-0.39, 0.29) is 11.5 Å². The fourth-order valence-electron chi connectivity index (χ4n) is 1.59. The molecule has 17 heavy (non-hydrogen) atoms. The molecule has 0 bridgehead atoms. The van der Waals surface area contributed by atoms with Crippen LogP contribution >= 0.6 is 0 Å². The normalized spacial score (nSPS) is 9.94. The van der Waals surface area contributed by atoms with Crippen molar-refractivity contribution in [3.8, 4) is 22.6 Å². The Morgan fingerprint density at radius 3 is 2.82 bits per heavy atom. The third-order valence-corrected chi connectivity index (χ3v) is 2.43. The molecule has 0 atom stereocenters. The number of nitrogens with zero attached hydrogens (tertiary/aromatic N) is 1. The minimum absolute atomic E-state index is 0.00565. The van der Waals surface area contributed by atoms with Gasteiger partial charge in [0, 0.05) is 29.1 Å². The van der Waals surface area contributed by atoms with Crippen molar-refractivity contribution in [2.24, 2.45) is 0 Å². The Kier molecular flexibility index (Phi) is 3.05. The molecule has 2 aromatic rings. The number of rotatable bonds is 3. The first-order valence-corrected chi connectivity index (χ1v) is 5.03. The number of phenols is 1. The summed E-state index contributed by atoms with van der Waals surface area (Å²) in [5, 5.41) is 9.99. The largest absolute Gasteiger partial charge is 0.504 e. The summed E-state index contributed by atoms with van der Waals surface area (Å²) < 4.78 is 5.02. The summed E-state index contributed by atoms with van der Waals surface area (Å²) in [7, 11) is 1.44. The fraction of sp³-hybridized carbons (Fsp3) is 0.0769. The van der Waals surface area contributed by atoms with Gasteiger partial charge in [0.05, 0.1) is 7.11 Å². The van der Waals surface area contributed by atoms with Gasteiger partial charge >= 0.3 is 0 Å². The summed E-state index contributed by atoms with van der Waals surface area (Å²) >= 11 is 0. The average molecular weight is 229 g/mol. The molecule has 0 aliphatic carbocycles. The van der Waals surface area contributed by atoms with Crippen LogP contribution in [-0.2, 0) is 0 Å². The van der Waals surface area contributed by atoms with Gasteiger partial charge in [0.2, 0.25) is 0 Å². The monoisotopic (exact) mass is 229 g/mol. The van der Waals surface area contributed by atoms with E-state index in [1.807, 2.05) is 0 Å². The second-order valence-corrected chi connectivity index (χ2v) is 3.48. The summed E-state index contributed by atoms with van der Waals surface area (Å²) in [6.45, 7) is 0. The van der Waals surface area contributed by atoms with Gasteiger partial charge in [0.25, 0.3) is 0 Å². The van der Waals surface area contributed by atoms with Crippen LogP contribution in [-0.4, -0.2) is 23.5 Å². The zero-order chi connectivity index (χ0) is 12.3. The highest BCUT2D eigenvalue weighted by molar-refractivity contribution is 5.83. The van der Waals surface area contributed by atoms with E-state index in [1.165, 1.54) is 13.2 Å². The first-order valence-electron chi connectivity index (χ1n) is 5.03. The van der Waals surface area contributed by atoms with Crippen LogP contribution in [0.25, 0.3) is 11.1 Å². The molecule has 1 aromatic carbocycles. The number of aldehydes is 1. The van der Waals surface area contributed by atoms with Crippen LogP contribution in [0.2, 0.25) is 0 Å². The summed E-state index contributed by atoms with van der Waals surface area (Å²) in [6.07, 6.45) is 3.96. The van der Waals surface area contributed by atoms with Crippen molar-refractivity contribution < 1.29 is 14.6 Å². The van der Waals surface area contributed by atoms with Crippen molar-refractivity contribution in [3.05, 3.63) is 42.2 Å². The summed E-state index contributed by atoms with van der Waals surface area (Å²) in [5.74, 6) is 0.277. The van der Waals surface area contributed by atoms with E-state index in [1.54, 1.807) is 30.6 Å². The lowest BCUT2D eigenvalue weighted by atomic mass is 10.0. The zero-order valence-corrected chi connectivity index (χ0v) is 9.25. The van der Waals surface area contributed by atoms with Crippen LogP contribution in [0.1, 0.15) is 10.4 Å². The molecular formula is C13H11NO3. The number of aromatic nitrogens is 1. The molecule has 0 aliphatic rings. The molecule has 0 saturated carbocycles. The van der Waals surface area contributed by atoms with Crippen molar-refractivity contribution >= 4 is 6.29 Å². The molecule has 0 fully saturated rings. The minimum atomic E-state index is 0.00565. The molecule has 0 radical (unpaired) electrons. The SMILES string of the molecule is COc1cc(C=O)cc(-c2cccnc2)c1O. The third kappa shape index (κ3) is 2.10. The van der Waals surface area contributed by atoms with Gasteiger partial charge in [-0.2, -0.15) is 0 Å².